The Kier molecular flexibility index (Phi) is 5.59. The van der Waals surface area contributed by atoms with Crippen molar-refractivity contribution in [1.29, 1.82) is 0 Å². The first-order valence-corrected chi connectivity index (χ1v) is 6.54. The Morgan fingerprint density at radius 1 is 1.35 bits per heavy atom. The van der Waals surface area contributed by atoms with E-state index in [0.29, 0.717) is 16.4 Å². The molecule has 4 heteroatoms. The average Bonchev–Trinajstić information content (AvgIpc) is 2.41. The van der Waals surface area contributed by atoms with E-state index in [-0.39, 0.29) is 5.57 Å². The predicted molar refractivity (Wildman–Crippen MR) is 84.2 cm³/mol. The van der Waals surface area contributed by atoms with Gasteiger partial charge >= 0.3 is 5.97 Å². The van der Waals surface area contributed by atoms with Crippen molar-refractivity contribution in [2.75, 3.05) is 5.32 Å². The molecule has 0 aromatic heterocycles. The summed E-state index contributed by atoms with van der Waals surface area (Å²) in [4.78, 5) is 11.1. The molecule has 1 aromatic rings. The Bertz CT molecular complexity index is 601. The number of anilines is 1. The molecule has 0 aliphatic rings. The molecule has 1 rings (SSSR count). The third-order valence-corrected chi connectivity index (χ3v) is 3.33. The van der Waals surface area contributed by atoms with E-state index in [9.17, 15) is 4.79 Å². The third kappa shape index (κ3) is 3.75. The maximum atomic E-state index is 11.1. The number of carbonyl (C=O) groups is 1. The van der Waals surface area contributed by atoms with E-state index in [1.54, 1.807) is 12.2 Å². The Morgan fingerprint density at radius 2 is 1.95 bits per heavy atom. The minimum absolute atomic E-state index is 0.0138. The molecule has 0 heterocycles. The molecule has 0 atom stereocenters. The molecular formula is C16H18ClNO2. The molecule has 2 N–H and O–H groups in total. The minimum atomic E-state index is -1.07. The molecule has 0 bridgehead atoms. The molecule has 0 aliphatic carbocycles. The normalized spacial score (nSPS) is 11.7. The first-order chi connectivity index (χ1) is 9.38. The molecule has 0 amide bonds. The molecular weight excluding hydrogens is 274 g/mol. The van der Waals surface area contributed by atoms with Crippen molar-refractivity contribution in [3.05, 3.63) is 64.4 Å². The van der Waals surface area contributed by atoms with Crippen molar-refractivity contribution >= 4 is 23.3 Å². The Balaban J connectivity index is 3.24. The summed E-state index contributed by atoms with van der Waals surface area (Å²) in [6, 6.07) is 3.85. The molecule has 106 valence electrons. The van der Waals surface area contributed by atoms with Crippen molar-refractivity contribution in [3.8, 4) is 0 Å². The molecule has 0 spiro atoms. The number of allylic oxidation sites excluding steroid dienone is 3. The van der Waals surface area contributed by atoms with E-state index < -0.39 is 5.97 Å². The summed E-state index contributed by atoms with van der Waals surface area (Å²) in [6.45, 7) is 9.23. The number of carboxylic acid groups (broad SMARTS) is 1. The molecule has 0 saturated heterocycles. The van der Waals surface area contributed by atoms with Crippen molar-refractivity contribution < 1.29 is 9.90 Å². The number of halogens is 1. The Labute approximate surface area is 124 Å². The fraction of sp³-hybridized carbons (Fsp3) is 0.188. The van der Waals surface area contributed by atoms with Gasteiger partial charge in [-0.2, -0.15) is 0 Å². The van der Waals surface area contributed by atoms with E-state index in [1.165, 1.54) is 0 Å². The highest BCUT2D eigenvalue weighted by Gasteiger charge is 2.14. The van der Waals surface area contributed by atoms with Crippen molar-refractivity contribution in [1.82, 2.24) is 0 Å². The molecule has 0 aliphatic heterocycles. The highest BCUT2D eigenvalue weighted by molar-refractivity contribution is 6.34. The third-order valence-electron chi connectivity index (χ3n) is 2.84. The van der Waals surface area contributed by atoms with Crippen LogP contribution in [0.25, 0.3) is 0 Å². The van der Waals surface area contributed by atoms with Crippen LogP contribution in [-0.2, 0) is 4.79 Å². The van der Waals surface area contributed by atoms with Gasteiger partial charge in [-0.1, -0.05) is 42.5 Å². The summed E-state index contributed by atoms with van der Waals surface area (Å²) < 4.78 is 0. The van der Waals surface area contributed by atoms with Crippen LogP contribution in [-0.4, -0.2) is 11.1 Å². The molecule has 20 heavy (non-hydrogen) atoms. The van der Waals surface area contributed by atoms with Gasteiger partial charge in [0.2, 0.25) is 0 Å². The van der Waals surface area contributed by atoms with E-state index >= 15 is 0 Å². The van der Waals surface area contributed by atoms with Gasteiger partial charge < -0.3 is 10.4 Å². The summed E-state index contributed by atoms with van der Waals surface area (Å²) in [5, 5.41) is 12.7. The number of rotatable bonds is 5. The summed E-state index contributed by atoms with van der Waals surface area (Å²) in [6.07, 6.45) is 5.21. The SMILES string of the molecule is C=C(C(=O)O)/C(=C\C=C/C)Nc1c(C)ccc(C)c1Cl. The number of nitrogens with one attached hydrogen (secondary N) is 1. The van der Waals surface area contributed by atoms with Crippen LogP contribution < -0.4 is 5.32 Å². The Hall–Kier alpha value is -2.00. The number of aliphatic carboxylic acids is 1. The molecule has 0 saturated carbocycles. The molecule has 0 radical (unpaired) electrons. The van der Waals surface area contributed by atoms with Crippen LogP contribution in [0.2, 0.25) is 5.02 Å². The lowest BCUT2D eigenvalue weighted by Gasteiger charge is -2.16. The zero-order chi connectivity index (χ0) is 15.3. The first-order valence-electron chi connectivity index (χ1n) is 6.16. The second-order valence-corrected chi connectivity index (χ2v) is 4.78. The van der Waals surface area contributed by atoms with Gasteiger partial charge in [-0.15, -0.1) is 0 Å². The van der Waals surface area contributed by atoms with Crippen LogP contribution >= 0.6 is 11.6 Å². The topological polar surface area (TPSA) is 49.3 Å². The second-order valence-electron chi connectivity index (χ2n) is 4.40. The van der Waals surface area contributed by atoms with Gasteiger partial charge in [0.15, 0.2) is 0 Å². The van der Waals surface area contributed by atoms with Crippen molar-refractivity contribution in [2.45, 2.75) is 20.8 Å². The number of hydrogen-bond acceptors (Lipinski definition) is 2. The van der Waals surface area contributed by atoms with Gasteiger partial charge in [0.05, 0.1) is 22.0 Å². The van der Waals surface area contributed by atoms with E-state index in [4.69, 9.17) is 16.7 Å². The quantitative estimate of drug-likeness (QED) is 0.621. The van der Waals surface area contributed by atoms with E-state index in [1.807, 2.05) is 39.0 Å². The van der Waals surface area contributed by atoms with E-state index in [2.05, 4.69) is 11.9 Å². The number of aryl methyl sites for hydroxylation is 2. The summed E-state index contributed by atoms with van der Waals surface area (Å²) in [7, 11) is 0. The molecule has 0 unspecified atom stereocenters. The lowest BCUT2D eigenvalue weighted by molar-refractivity contribution is -0.132. The van der Waals surface area contributed by atoms with Crippen LogP contribution in [0.5, 0.6) is 0 Å². The number of benzene rings is 1. The maximum absolute atomic E-state index is 11.1. The molecule has 1 aromatic carbocycles. The molecule has 3 nitrogen and oxygen atoms in total. The lowest BCUT2D eigenvalue weighted by atomic mass is 10.1. The first kappa shape index (κ1) is 16.1. The fourth-order valence-electron chi connectivity index (χ4n) is 1.59. The van der Waals surface area contributed by atoms with Crippen LogP contribution in [0.3, 0.4) is 0 Å². The minimum Gasteiger partial charge on any atom is -0.478 e. The van der Waals surface area contributed by atoms with Gasteiger partial charge in [-0.25, -0.2) is 4.79 Å². The summed E-state index contributed by atoms with van der Waals surface area (Å²) in [5.41, 5.74) is 2.95. The summed E-state index contributed by atoms with van der Waals surface area (Å²) >= 11 is 6.28. The lowest BCUT2D eigenvalue weighted by Crippen LogP contribution is -2.10. The highest BCUT2D eigenvalue weighted by Crippen LogP contribution is 2.31. The van der Waals surface area contributed by atoms with Crippen LogP contribution in [0.15, 0.2) is 48.2 Å². The zero-order valence-corrected chi connectivity index (χ0v) is 12.6. The number of carboxylic acids is 1. The van der Waals surface area contributed by atoms with Gasteiger partial charge in [0.25, 0.3) is 0 Å². The second kappa shape index (κ2) is 6.96. The van der Waals surface area contributed by atoms with Gasteiger partial charge in [0.1, 0.15) is 0 Å². The summed E-state index contributed by atoms with van der Waals surface area (Å²) in [5.74, 6) is -1.07. The Morgan fingerprint density at radius 3 is 2.50 bits per heavy atom. The van der Waals surface area contributed by atoms with Crippen LogP contribution in [0.1, 0.15) is 18.1 Å². The van der Waals surface area contributed by atoms with Gasteiger partial charge in [-0.05, 0) is 38.0 Å². The fourth-order valence-corrected chi connectivity index (χ4v) is 1.85. The van der Waals surface area contributed by atoms with Crippen LogP contribution in [0.4, 0.5) is 5.69 Å². The van der Waals surface area contributed by atoms with Gasteiger partial charge in [-0.3, -0.25) is 0 Å². The standard InChI is InChI=1S/C16H18ClNO2/c1-5-6-7-13(12(4)16(19)20)18-15-11(3)9-8-10(2)14(15)17/h5-9,18H,4H2,1-3H3,(H,19,20)/b6-5-,13-7+. The van der Waals surface area contributed by atoms with Crippen LogP contribution in [0, 0.1) is 13.8 Å². The predicted octanol–water partition coefficient (Wildman–Crippen LogP) is 4.47. The van der Waals surface area contributed by atoms with Crippen molar-refractivity contribution in [3.63, 3.8) is 0 Å². The van der Waals surface area contributed by atoms with E-state index in [0.717, 1.165) is 11.1 Å². The molecule has 0 fully saturated rings. The highest BCUT2D eigenvalue weighted by atomic mass is 35.5. The largest absolute Gasteiger partial charge is 0.478 e. The number of hydrogen-bond donors (Lipinski definition) is 2. The average molecular weight is 292 g/mol. The smallest absolute Gasteiger partial charge is 0.337 e. The van der Waals surface area contributed by atoms with Gasteiger partial charge in [0, 0.05) is 0 Å². The monoisotopic (exact) mass is 291 g/mol. The maximum Gasteiger partial charge on any atom is 0.337 e. The van der Waals surface area contributed by atoms with Crippen molar-refractivity contribution in [2.24, 2.45) is 0 Å². The zero-order valence-electron chi connectivity index (χ0n) is 11.8.